The second kappa shape index (κ2) is 4.89. The Balaban J connectivity index is 2.10. The summed E-state index contributed by atoms with van der Waals surface area (Å²) >= 11 is 0. The SMILES string of the molecule is Cc1cccc(-c2nc(-c3ccccc3C)n(C)n2)n1. The van der Waals surface area contributed by atoms with E-state index in [4.69, 9.17) is 0 Å². The Hall–Kier alpha value is -2.49. The molecule has 0 fully saturated rings. The summed E-state index contributed by atoms with van der Waals surface area (Å²) in [5, 5.41) is 4.48. The van der Waals surface area contributed by atoms with Gasteiger partial charge in [-0.1, -0.05) is 30.3 Å². The van der Waals surface area contributed by atoms with Gasteiger partial charge in [-0.3, -0.25) is 0 Å². The summed E-state index contributed by atoms with van der Waals surface area (Å²) in [5.41, 5.74) is 4.06. The topological polar surface area (TPSA) is 43.6 Å². The van der Waals surface area contributed by atoms with Gasteiger partial charge in [0.1, 0.15) is 5.69 Å². The predicted molar refractivity (Wildman–Crippen MR) is 79.1 cm³/mol. The van der Waals surface area contributed by atoms with Crippen LogP contribution in [0.25, 0.3) is 22.9 Å². The Labute approximate surface area is 118 Å². The zero-order valence-electron chi connectivity index (χ0n) is 11.8. The average Bonchev–Trinajstić information content (AvgIpc) is 2.81. The zero-order chi connectivity index (χ0) is 14.1. The van der Waals surface area contributed by atoms with Gasteiger partial charge in [0.25, 0.3) is 0 Å². The van der Waals surface area contributed by atoms with Crippen molar-refractivity contribution in [2.24, 2.45) is 7.05 Å². The molecule has 0 atom stereocenters. The Morgan fingerprint density at radius 2 is 1.70 bits per heavy atom. The lowest BCUT2D eigenvalue weighted by Crippen LogP contribution is -1.95. The third-order valence-electron chi connectivity index (χ3n) is 3.27. The molecule has 2 aromatic heterocycles. The van der Waals surface area contributed by atoms with Crippen LogP contribution in [0.5, 0.6) is 0 Å². The second-order valence-corrected chi connectivity index (χ2v) is 4.86. The van der Waals surface area contributed by atoms with E-state index in [1.165, 1.54) is 5.56 Å². The van der Waals surface area contributed by atoms with Gasteiger partial charge in [0, 0.05) is 18.3 Å². The minimum atomic E-state index is 0.662. The van der Waals surface area contributed by atoms with Gasteiger partial charge in [-0.15, -0.1) is 5.10 Å². The molecular formula is C16H16N4. The fourth-order valence-electron chi connectivity index (χ4n) is 2.22. The fourth-order valence-corrected chi connectivity index (χ4v) is 2.22. The Morgan fingerprint density at radius 1 is 0.900 bits per heavy atom. The van der Waals surface area contributed by atoms with E-state index >= 15 is 0 Å². The molecule has 0 aliphatic heterocycles. The molecule has 2 heterocycles. The molecule has 20 heavy (non-hydrogen) atoms. The Morgan fingerprint density at radius 3 is 2.45 bits per heavy atom. The van der Waals surface area contributed by atoms with E-state index in [0.29, 0.717) is 5.82 Å². The van der Waals surface area contributed by atoms with E-state index < -0.39 is 0 Å². The highest BCUT2D eigenvalue weighted by Gasteiger charge is 2.13. The molecule has 0 saturated carbocycles. The van der Waals surface area contributed by atoms with Crippen molar-refractivity contribution >= 4 is 0 Å². The second-order valence-electron chi connectivity index (χ2n) is 4.86. The van der Waals surface area contributed by atoms with Crippen molar-refractivity contribution in [1.29, 1.82) is 0 Å². The summed E-state index contributed by atoms with van der Waals surface area (Å²) in [6.07, 6.45) is 0. The molecule has 0 saturated heterocycles. The third-order valence-corrected chi connectivity index (χ3v) is 3.27. The number of hydrogen-bond donors (Lipinski definition) is 0. The van der Waals surface area contributed by atoms with Crippen molar-refractivity contribution in [3.05, 3.63) is 53.7 Å². The standard InChI is InChI=1S/C16H16N4/c1-11-7-4-5-9-13(11)16-18-15(19-20(16)3)14-10-6-8-12(2)17-14/h4-10H,1-3H3. The maximum Gasteiger partial charge on any atom is 0.200 e. The van der Waals surface area contributed by atoms with Crippen LogP contribution in [0.15, 0.2) is 42.5 Å². The monoisotopic (exact) mass is 264 g/mol. The van der Waals surface area contributed by atoms with E-state index in [-0.39, 0.29) is 0 Å². The molecule has 0 N–H and O–H groups in total. The molecule has 3 rings (SSSR count). The van der Waals surface area contributed by atoms with Crippen LogP contribution in [0.3, 0.4) is 0 Å². The van der Waals surface area contributed by atoms with Crippen molar-refractivity contribution in [2.45, 2.75) is 13.8 Å². The Kier molecular flexibility index (Phi) is 3.06. The van der Waals surface area contributed by atoms with Crippen molar-refractivity contribution in [2.75, 3.05) is 0 Å². The molecule has 0 aliphatic rings. The summed E-state index contributed by atoms with van der Waals surface area (Å²) < 4.78 is 1.81. The van der Waals surface area contributed by atoms with Crippen LogP contribution in [0, 0.1) is 13.8 Å². The van der Waals surface area contributed by atoms with Gasteiger partial charge in [0.05, 0.1) is 0 Å². The summed E-state index contributed by atoms with van der Waals surface area (Å²) in [6, 6.07) is 14.1. The van der Waals surface area contributed by atoms with Crippen LogP contribution in [-0.2, 0) is 7.05 Å². The number of pyridine rings is 1. The smallest absolute Gasteiger partial charge is 0.200 e. The van der Waals surface area contributed by atoms with E-state index in [1.807, 2.05) is 49.0 Å². The highest BCUT2D eigenvalue weighted by molar-refractivity contribution is 5.63. The molecular weight excluding hydrogens is 248 g/mol. The number of nitrogens with zero attached hydrogens (tertiary/aromatic N) is 4. The highest BCUT2D eigenvalue weighted by atomic mass is 15.3. The van der Waals surface area contributed by atoms with E-state index in [9.17, 15) is 0 Å². The maximum absolute atomic E-state index is 4.64. The van der Waals surface area contributed by atoms with Gasteiger partial charge in [-0.2, -0.15) is 0 Å². The van der Waals surface area contributed by atoms with Gasteiger partial charge < -0.3 is 0 Å². The fraction of sp³-hybridized carbons (Fsp3) is 0.188. The molecule has 0 unspecified atom stereocenters. The van der Waals surface area contributed by atoms with Gasteiger partial charge in [-0.05, 0) is 31.5 Å². The van der Waals surface area contributed by atoms with Crippen LogP contribution >= 0.6 is 0 Å². The van der Waals surface area contributed by atoms with Crippen LogP contribution in [0.4, 0.5) is 0 Å². The van der Waals surface area contributed by atoms with Crippen LogP contribution in [0.1, 0.15) is 11.3 Å². The maximum atomic E-state index is 4.64. The summed E-state index contributed by atoms with van der Waals surface area (Å²) in [7, 11) is 1.91. The lowest BCUT2D eigenvalue weighted by molar-refractivity contribution is 0.776. The number of hydrogen-bond acceptors (Lipinski definition) is 3. The number of benzene rings is 1. The van der Waals surface area contributed by atoms with Gasteiger partial charge in [0.15, 0.2) is 11.6 Å². The van der Waals surface area contributed by atoms with E-state index in [1.54, 1.807) is 0 Å². The molecule has 0 aliphatic carbocycles. The van der Waals surface area contributed by atoms with Crippen molar-refractivity contribution < 1.29 is 0 Å². The summed E-state index contributed by atoms with van der Waals surface area (Å²) in [5.74, 6) is 1.52. The van der Waals surface area contributed by atoms with Gasteiger partial charge >= 0.3 is 0 Å². The first-order valence-electron chi connectivity index (χ1n) is 6.56. The molecule has 3 aromatic rings. The van der Waals surface area contributed by atoms with E-state index in [2.05, 4.69) is 34.1 Å². The number of rotatable bonds is 2. The van der Waals surface area contributed by atoms with Gasteiger partial charge in [-0.25, -0.2) is 14.6 Å². The number of aromatic nitrogens is 4. The largest absolute Gasteiger partial charge is 0.250 e. The molecule has 4 heteroatoms. The molecule has 100 valence electrons. The first-order chi connectivity index (χ1) is 9.65. The normalized spacial score (nSPS) is 10.8. The first kappa shape index (κ1) is 12.5. The predicted octanol–water partition coefficient (Wildman–Crippen LogP) is 3.16. The molecule has 0 radical (unpaired) electrons. The molecule has 1 aromatic carbocycles. The van der Waals surface area contributed by atoms with Crippen LogP contribution in [-0.4, -0.2) is 19.7 Å². The minimum absolute atomic E-state index is 0.662. The quantitative estimate of drug-likeness (QED) is 0.714. The lowest BCUT2D eigenvalue weighted by Gasteiger charge is -2.03. The third kappa shape index (κ3) is 2.20. The summed E-state index contributed by atoms with van der Waals surface area (Å²) in [6.45, 7) is 4.04. The van der Waals surface area contributed by atoms with Crippen LogP contribution < -0.4 is 0 Å². The van der Waals surface area contributed by atoms with E-state index in [0.717, 1.165) is 22.8 Å². The average molecular weight is 264 g/mol. The number of aryl methyl sites for hydroxylation is 3. The Bertz CT molecular complexity index is 759. The van der Waals surface area contributed by atoms with Crippen molar-refractivity contribution in [3.8, 4) is 22.9 Å². The summed E-state index contributed by atoms with van der Waals surface area (Å²) in [4.78, 5) is 9.12. The van der Waals surface area contributed by atoms with Crippen molar-refractivity contribution in [3.63, 3.8) is 0 Å². The minimum Gasteiger partial charge on any atom is -0.250 e. The zero-order valence-corrected chi connectivity index (χ0v) is 11.8. The molecule has 0 amide bonds. The molecule has 4 nitrogen and oxygen atoms in total. The first-order valence-corrected chi connectivity index (χ1v) is 6.56. The van der Waals surface area contributed by atoms with Crippen LogP contribution in [0.2, 0.25) is 0 Å². The molecule has 0 spiro atoms. The van der Waals surface area contributed by atoms with Crippen molar-refractivity contribution in [1.82, 2.24) is 19.7 Å². The van der Waals surface area contributed by atoms with Gasteiger partial charge in [0.2, 0.25) is 0 Å². The highest BCUT2D eigenvalue weighted by Crippen LogP contribution is 2.23. The molecule has 0 bridgehead atoms. The lowest BCUT2D eigenvalue weighted by atomic mass is 10.1.